The van der Waals surface area contributed by atoms with Crippen LogP contribution in [0, 0.1) is 5.92 Å². The van der Waals surface area contributed by atoms with Crippen LogP contribution in [0.25, 0.3) is 0 Å². The molecule has 0 bridgehead atoms. The van der Waals surface area contributed by atoms with Crippen molar-refractivity contribution < 1.29 is 14.7 Å². The SMILES string of the molecule is CC(CCCC(C)C(=O)O)NC(=O)N1CCCC1. The Kier molecular flexibility index (Phi) is 5.95. The minimum atomic E-state index is -0.747. The first-order chi connectivity index (χ1) is 8.50. The molecule has 1 fully saturated rings. The van der Waals surface area contributed by atoms with Gasteiger partial charge in [-0.1, -0.05) is 13.3 Å². The minimum absolute atomic E-state index is 0.0197. The number of likely N-dealkylation sites (tertiary alicyclic amines) is 1. The summed E-state index contributed by atoms with van der Waals surface area (Å²) < 4.78 is 0. The molecule has 2 unspecified atom stereocenters. The number of carboxylic acids is 1. The van der Waals surface area contributed by atoms with E-state index in [1.807, 2.05) is 11.8 Å². The maximum absolute atomic E-state index is 11.8. The van der Waals surface area contributed by atoms with E-state index >= 15 is 0 Å². The summed E-state index contributed by atoms with van der Waals surface area (Å²) in [6.07, 6.45) is 4.52. The highest BCUT2D eigenvalue weighted by molar-refractivity contribution is 5.74. The summed E-state index contributed by atoms with van der Waals surface area (Å²) >= 11 is 0. The van der Waals surface area contributed by atoms with Gasteiger partial charge in [-0.2, -0.15) is 0 Å². The first-order valence-electron chi connectivity index (χ1n) is 6.79. The average molecular weight is 256 g/mol. The van der Waals surface area contributed by atoms with Crippen molar-refractivity contribution in [1.29, 1.82) is 0 Å². The zero-order valence-electron chi connectivity index (χ0n) is 11.3. The predicted molar refractivity (Wildman–Crippen MR) is 69.5 cm³/mol. The fourth-order valence-corrected chi connectivity index (χ4v) is 2.15. The molecule has 0 saturated carbocycles. The lowest BCUT2D eigenvalue weighted by molar-refractivity contribution is -0.141. The highest BCUT2D eigenvalue weighted by Crippen LogP contribution is 2.11. The van der Waals surface area contributed by atoms with Gasteiger partial charge in [0.25, 0.3) is 0 Å². The number of rotatable bonds is 6. The molecule has 2 amide bonds. The van der Waals surface area contributed by atoms with Crippen LogP contribution in [-0.4, -0.2) is 41.1 Å². The van der Waals surface area contributed by atoms with E-state index in [0.717, 1.165) is 38.8 Å². The summed E-state index contributed by atoms with van der Waals surface area (Å²) in [5.41, 5.74) is 0. The van der Waals surface area contributed by atoms with E-state index in [4.69, 9.17) is 5.11 Å². The number of aliphatic carboxylic acids is 1. The van der Waals surface area contributed by atoms with Crippen molar-refractivity contribution in [3.05, 3.63) is 0 Å². The standard InChI is InChI=1S/C13H24N2O3/c1-10(12(16)17)6-5-7-11(2)14-13(18)15-8-3-4-9-15/h10-11H,3-9H2,1-2H3,(H,14,18)(H,16,17). The highest BCUT2D eigenvalue weighted by Gasteiger charge is 2.19. The number of amides is 2. The minimum Gasteiger partial charge on any atom is -0.481 e. The van der Waals surface area contributed by atoms with Crippen molar-refractivity contribution in [2.75, 3.05) is 13.1 Å². The van der Waals surface area contributed by atoms with Gasteiger partial charge in [-0.15, -0.1) is 0 Å². The fraction of sp³-hybridized carbons (Fsp3) is 0.846. The monoisotopic (exact) mass is 256 g/mol. The molecule has 0 spiro atoms. The molecular weight excluding hydrogens is 232 g/mol. The Morgan fingerprint density at radius 2 is 1.83 bits per heavy atom. The topological polar surface area (TPSA) is 69.6 Å². The van der Waals surface area contributed by atoms with E-state index < -0.39 is 5.97 Å². The summed E-state index contributed by atoms with van der Waals surface area (Å²) in [6.45, 7) is 5.40. The number of carbonyl (C=O) groups excluding carboxylic acids is 1. The zero-order chi connectivity index (χ0) is 13.5. The third-order valence-corrected chi connectivity index (χ3v) is 3.46. The van der Waals surface area contributed by atoms with E-state index in [-0.39, 0.29) is 18.0 Å². The van der Waals surface area contributed by atoms with Crippen LogP contribution >= 0.6 is 0 Å². The summed E-state index contributed by atoms with van der Waals surface area (Å²) in [4.78, 5) is 24.3. The molecule has 1 aliphatic rings. The first-order valence-corrected chi connectivity index (χ1v) is 6.79. The van der Waals surface area contributed by atoms with Gasteiger partial charge in [0.2, 0.25) is 0 Å². The number of nitrogens with one attached hydrogen (secondary N) is 1. The van der Waals surface area contributed by atoms with E-state index in [0.29, 0.717) is 6.42 Å². The third kappa shape index (κ3) is 4.94. The molecule has 1 aliphatic heterocycles. The molecule has 0 aliphatic carbocycles. The Morgan fingerprint density at radius 1 is 1.22 bits per heavy atom. The highest BCUT2D eigenvalue weighted by atomic mass is 16.4. The Morgan fingerprint density at radius 3 is 2.39 bits per heavy atom. The maximum Gasteiger partial charge on any atom is 0.317 e. The quantitative estimate of drug-likeness (QED) is 0.764. The first kappa shape index (κ1) is 14.8. The third-order valence-electron chi connectivity index (χ3n) is 3.46. The van der Waals surface area contributed by atoms with Gasteiger partial charge in [0.1, 0.15) is 0 Å². The fourth-order valence-electron chi connectivity index (χ4n) is 2.15. The summed E-state index contributed by atoms with van der Waals surface area (Å²) in [5.74, 6) is -1.05. The number of hydrogen-bond acceptors (Lipinski definition) is 2. The molecule has 18 heavy (non-hydrogen) atoms. The van der Waals surface area contributed by atoms with Crippen molar-refractivity contribution in [2.24, 2.45) is 5.92 Å². The molecule has 0 aromatic carbocycles. The van der Waals surface area contributed by atoms with Crippen molar-refractivity contribution in [1.82, 2.24) is 10.2 Å². The molecule has 0 aromatic heterocycles. The summed E-state index contributed by atoms with van der Waals surface area (Å²) in [7, 11) is 0. The van der Waals surface area contributed by atoms with Gasteiger partial charge < -0.3 is 15.3 Å². The van der Waals surface area contributed by atoms with E-state index in [1.165, 1.54) is 0 Å². The van der Waals surface area contributed by atoms with E-state index in [2.05, 4.69) is 5.32 Å². The molecule has 2 atom stereocenters. The number of urea groups is 1. The Bertz CT molecular complexity index is 288. The molecule has 5 nitrogen and oxygen atoms in total. The molecule has 1 rings (SSSR count). The largest absolute Gasteiger partial charge is 0.481 e. The molecule has 1 heterocycles. The predicted octanol–water partition coefficient (Wildman–Crippen LogP) is 2.07. The van der Waals surface area contributed by atoms with Crippen molar-refractivity contribution in [2.45, 2.75) is 52.0 Å². The number of hydrogen-bond donors (Lipinski definition) is 2. The molecule has 5 heteroatoms. The lowest BCUT2D eigenvalue weighted by Crippen LogP contribution is -2.42. The summed E-state index contributed by atoms with van der Waals surface area (Å²) in [5, 5.41) is 11.7. The van der Waals surface area contributed by atoms with Crippen LogP contribution < -0.4 is 5.32 Å². The second kappa shape index (κ2) is 7.24. The second-order valence-electron chi connectivity index (χ2n) is 5.21. The molecule has 2 N–H and O–H groups in total. The Labute approximate surface area is 109 Å². The molecule has 0 radical (unpaired) electrons. The van der Waals surface area contributed by atoms with Gasteiger partial charge in [-0.05, 0) is 32.6 Å². The number of carbonyl (C=O) groups is 2. The van der Waals surface area contributed by atoms with Gasteiger partial charge in [-0.3, -0.25) is 4.79 Å². The van der Waals surface area contributed by atoms with Gasteiger partial charge in [-0.25, -0.2) is 4.79 Å². The normalized spacial score (nSPS) is 18.4. The Hall–Kier alpha value is -1.26. The Balaban J connectivity index is 2.14. The van der Waals surface area contributed by atoms with Crippen molar-refractivity contribution in [3.63, 3.8) is 0 Å². The van der Waals surface area contributed by atoms with Crippen LogP contribution in [0.1, 0.15) is 46.0 Å². The zero-order valence-corrected chi connectivity index (χ0v) is 11.3. The smallest absolute Gasteiger partial charge is 0.317 e. The van der Waals surface area contributed by atoms with Crippen LogP contribution in [0.2, 0.25) is 0 Å². The van der Waals surface area contributed by atoms with Gasteiger partial charge in [0.15, 0.2) is 0 Å². The van der Waals surface area contributed by atoms with Crippen LogP contribution in [0.3, 0.4) is 0 Å². The second-order valence-corrected chi connectivity index (χ2v) is 5.21. The van der Waals surface area contributed by atoms with Crippen LogP contribution in [0.5, 0.6) is 0 Å². The lowest BCUT2D eigenvalue weighted by atomic mass is 10.0. The van der Waals surface area contributed by atoms with Gasteiger partial charge >= 0.3 is 12.0 Å². The lowest BCUT2D eigenvalue weighted by Gasteiger charge is -2.20. The molecule has 0 aromatic rings. The maximum atomic E-state index is 11.8. The van der Waals surface area contributed by atoms with Gasteiger partial charge in [0, 0.05) is 19.1 Å². The molecule has 104 valence electrons. The average Bonchev–Trinajstić information content (AvgIpc) is 2.81. The van der Waals surface area contributed by atoms with E-state index in [9.17, 15) is 9.59 Å². The van der Waals surface area contributed by atoms with Crippen LogP contribution in [0.4, 0.5) is 4.79 Å². The summed E-state index contributed by atoms with van der Waals surface area (Å²) in [6, 6.07) is 0.130. The van der Waals surface area contributed by atoms with Crippen LogP contribution in [0.15, 0.2) is 0 Å². The number of carboxylic acid groups (broad SMARTS) is 1. The number of nitrogens with zero attached hydrogens (tertiary/aromatic N) is 1. The van der Waals surface area contributed by atoms with E-state index in [1.54, 1.807) is 6.92 Å². The molecular formula is C13H24N2O3. The van der Waals surface area contributed by atoms with Gasteiger partial charge in [0.05, 0.1) is 5.92 Å². The molecule has 1 saturated heterocycles. The van der Waals surface area contributed by atoms with Crippen molar-refractivity contribution >= 4 is 12.0 Å². The van der Waals surface area contributed by atoms with Crippen LogP contribution in [-0.2, 0) is 4.79 Å². The van der Waals surface area contributed by atoms with Crippen molar-refractivity contribution in [3.8, 4) is 0 Å².